The van der Waals surface area contributed by atoms with Gasteiger partial charge in [-0.3, -0.25) is 9.59 Å². The molecule has 3 heterocycles. The number of sulfonamides is 1. The largest absolute Gasteiger partial charge is 0.467 e. The number of nitrogens with zero attached hydrogens (tertiary/aromatic N) is 2. The third kappa shape index (κ3) is 4.85. The van der Waals surface area contributed by atoms with E-state index in [1.54, 1.807) is 31.2 Å². The van der Waals surface area contributed by atoms with Gasteiger partial charge in [-0.2, -0.15) is 4.31 Å². The van der Waals surface area contributed by atoms with Crippen LogP contribution >= 0.6 is 11.8 Å². The lowest BCUT2D eigenvalue weighted by molar-refractivity contribution is -0.125. The van der Waals surface area contributed by atoms with E-state index in [1.165, 1.54) is 33.3 Å². The highest BCUT2D eigenvalue weighted by molar-refractivity contribution is 7.99. The van der Waals surface area contributed by atoms with E-state index in [0.29, 0.717) is 30.4 Å². The van der Waals surface area contributed by atoms with Crippen molar-refractivity contribution in [1.82, 2.24) is 9.62 Å². The molecule has 1 aromatic heterocycles. The summed E-state index contributed by atoms with van der Waals surface area (Å²) in [6, 6.07) is 8.25. The number of fused-ring (bicyclic) bond motifs is 1. The average molecular weight is 480 g/mol. The lowest BCUT2D eigenvalue weighted by Crippen LogP contribution is -2.43. The van der Waals surface area contributed by atoms with Gasteiger partial charge in [0.25, 0.3) is 0 Å². The Hall–Kier alpha value is -2.34. The molecule has 32 heavy (non-hydrogen) atoms. The summed E-state index contributed by atoms with van der Waals surface area (Å²) < 4.78 is 38.1. The molecule has 11 heteroatoms. The predicted molar refractivity (Wildman–Crippen MR) is 119 cm³/mol. The van der Waals surface area contributed by atoms with Crippen molar-refractivity contribution in [2.75, 3.05) is 43.5 Å². The molecule has 1 saturated heterocycles. The number of benzene rings is 1. The van der Waals surface area contributed by atoms with Crippen LogP contribution in [0.1, 0.15) is 12.7 Å². The summed E-state index contributed by atoms with van der Waals surface area (Å²) >= 11 is 1.48. The van der Waals surface area contributed by atoms with E-state index in [-0.39, 0.29) is 48.8 Å². The number of anilines is 1. The Balaban J connectivity index is 1.61. The third-order valence-electron chi connectivity index (χ3n) is 5.35. The highest BCUT2D eigenvalue weighted by atomic mass is 32.2. The molecule has 1 aromatic carbocycles. The van der Waals surface area contributed by atoms with Crippen LogP contribution in [0.5, 0.6) is 0 Å². The summed E-state index contributed by atoms with van der Waals surface area (Å²) in [6.07, 6.45) is 1.52. The van der Waals surface area contributed by atoms with Crippen molar-refractivity contribution in [2.45, 2.75) is 23.3 Å². The van der Waals surface area contributed by atoms with Gasteiger partial charge >= 0.3 is 0 Å². The molecule has 0 saturated carbocycles. The molecule has 1 atom stereocenters. The molecule has 2 aliphatic heterocycles. The van der Waals surface area contributed by atoms with Gasteiger partial charge in [-0.1, -0.05) is 6.92 Å². The standard InChI is InChI=1S/C21H25N3O6S2/c1-15-14-31-19-5-4-17(32(27,28)23-6-9-29-10-7-23)11-18(19)24(21(15)26)13-20(25)22-12-16-3-2-8-30-16/h2-5,8,11,15H,6-7,9-10,12-14H2,1H3,(H,22,25). The molecule has 9 nitrogen and oxygen atoms in total. The summed E-state index contributed by atoms with van der Waals surface area (Å²) in [6.45, 7) is 3.05. The molecule has 2 aromatic rings. The van der Waals surface area contributed by atoms with Crippen molar-refractivity contribution in [2.24, 2.45) is 5.92 Å². The smallest absolute Gasteiger partial charge is 0.243 e. The van der Waals surface area contributed by atoms with Crippen LogP contribution in [0.4, 0.5) is 5.69 Å². The van der Waals surface area contributed by atoms with E-state index >= 15 is 0 Å². The Morgan fingerprint density at radius 1 is 1.25 bits per heavy atom. The van der Waals surface area contributed by atoms with Gasteiger partial charge in [0, 0.05) is 29.7 Å². The number of carbonyl (C=O) groups excluding carboxylic acids is 2. The Kier molecular flexibility index (Phi) is 6.89. The zero-order chi connectivity index (χ0) is 22.7. The number of rotatable bonds is 6. The van der Waals surface area contributed by atoms with Crippen LogP contribution < -0.4 is 10.2 Å². The Morgan fingerprint density at radius 2 is 2.03 bits per heavy atom. The minimum Gasteiger partial charge on any atom is -0.467 e. The van der Waals surface area contributed by atoms with E-state index in [1.807, 2.05) is 0 Å². The maximum Gasteiger partial charge on any atom is 0.243 e. The van der Waals surface area contributed by atoms with Gasteiger partial charge in [-0.05, 0) is 30.3 Å². The van der Waals surface area contributed by atoms with Crippen LogP contribution in [-0.2, 0) is 30.9 Å². The highest BCUT2D eigenvalue weighted by Gasteiger charge is 2.32. The summed E-state index contributed by atoms with van der Waals surface area (Å²) in [4.78, 5) is 27.9. The molecule has 2 aliphatic rings. The zero-order valence-electron chi connectivity index (χ0n) is 17.7. The second kappa shape index (κ2) is 9.65. The fraction of sp³-hybridized carbons (Fsp3) is 0.429. The van der Waals surface area contributed by atoms with E-state index in [0.717, 1.165) is 4.90 Å². The number of hydrogen-bond acceptors (Lipinski definition) is 7. The topological polar surface area (TPSA) is 109 Å². The number of nitrogens with one attached hydrogen (secondary N) is 1. The molecule has 1 N–H and O–H groups in total. The normalized spacial score (nSPS) is 20.0. The first-order valence-corrected chi connectivity index (χ1v) is 12.7. The fourth-order valence-electron chi connectivity index (χ4n) is 3.56. The molecule has 172 valence electrons. The minimum atomic E-state index is -3.74. The van der Waals surface area contributed by atoms with E-state index < -0.39 is 10.0 Å². The first kappa shape index (κ1) is 22.8. The van der Waals surface area contributed by atoms with Crippen molar-refractivity contribution >= 4 is 39.3 Å². The lowest BCUT2D eigenvalue weighted by atomic mass is 10.1. The molecule has 1 fully saturated rings. The van der Waals surface area contributed by atoms with Crippen molar-refractivity contribution in [1.29, 1.82) is 0 Å². The SMILES string of the molecule is CC1CSc2ccc(S(=O)(=O)N3CCOCC3)cc2N(CC(=O)NCc2ccco2)C1=O. The van der Waals surface area contributed by atoms with Crippen LogP contribution in [0.25, 0.3) is 0 Å². The van der Waals surface area contributed by atoms with Crippen molar-refractivity contribution in [3.05, 3.63) is 42.4 Å². The molecule has 2 amide bonds. The number of ether oxygens (including phenoxy) is 1. The number of hydrogen-bond donors (Lipinski definition) is 1. The van der Waals surface area contributed by atoms with Gasteiger partial charge in [-0.25, -0.2) is 8.42 Å². The van der Waals surface area contributed by atoms with Gasteiger partial charge in [0.05, 0.1) is 36.6 Å². The number of furan rings is 1. The number of morpholine rings is 1. The van der Waals surface area contributed by atoms with Crippen LogP contribution in [0.2, 0.25) is 0 Å². The van der Waals surface area contributed by atoms with Crippen LogP contribution in [0.15, 0.2) is 50.8 Å². The zero-order valence-corrected chi connectivity index (χ0v) is 19.3. The maximum absolute atomic E-state index is 13.1. The van der Waals surface area contributed by atoms with Gasteiger partial charge < -0.3 is 19.4 Å². The second-order valence-electron chi connectivity index (χ2n) is 7.64. The fourth-order valence-corrected chi connectivity index (χ4v) is 6.04. The van der Waals surface area contributed by atoms with Gasteiger partial charge in [-0.15, -0.1) is 11.8 Å². The first-order chi connectivity index (χ1) is 15.4. The molecule has 1 unspecified atom stereocenters. The quantitative estimate of drug-likeness (QED) is 0.672. The number of thioether (sulfide) groups is 1. The summed E-state index contributed by atoms with van der Waals surface area (Å²) in [5, 5.41) is 2.74. The van der Waals surface area contributed by atoms with Crippen LogP contribution in [-0.4, -0.2) is 63.1 Å². The van der Waals surface area contributed by atoms with E-state index in [9.17, 15) is 18.0 Å². The monoisotopic (exact) mass is 479 g/mol. The van der Waals surface area contributed by atoms with Crippen LogP contribution in [0, 0.1) is 5.92 Å². The summed E-state index contributed by atoms with van der Waals surface area (Å²) in [5.74, 6) is 0.256. The highest BCUT2D eigenvalue weighted by Crippen LogP contribution is 2.38. The molecule has 4 rings (SSSR count). The van der Waals surface area contributed by atoms with Crippen molar-refractivity contribution < 1.29 is 27.2 Å². The van der Waals surface area contributed by atoms with Crippen molar-refractivity contribution in [3.63, 3.8) is 0 Å². The third-order valence-corrected chi connectivity index (χ3v) is 8.56. The Morgan fingerprint density at radius 3 is 2.75 bits per heavy atom. The van der Waals surface area contributed by atoms with E-state index in [2.05, 4.69) is 5.32 Å². The van der Waals surface area contributed by atoms with Gasteiger partial charge in [0.1, 0.15) is 12.3 Å². The molecule has 0 spiro atoms. The molecular formula is C21H25N3O6S2. The van der Waals surface area contributed by atoms with Crippen molar-refractivity contribution in [3.8, 4) is 0 Å². The molecule has 0 bridgehead atoms. The van der Waals surface area contributed by atoms with Gasteiger partial charge in [0.2, 0.25) is 21.8 Å². The second-order valence-corrected chi connectivity index (χ2v) is 10.6. The molecular weight excluding hydrogens is 454 g/mol. The first-order valence-electron chi connectivity index (χ1n) is 10.3. The predicted octanol–water partition coefficient (Wildman–Crippen LogP) is 1.69. The number of amides is 2. The Bertz CT molecular complexity index is 1080. The average Bonchev–Trinajstić information content (AvgIpc) is 3.30. The number of carbonyl (C=O) groups is 2. The molecule has 0 radical (unpaired) electrons. The Labute approximate surface area is 191 Å². The summed E-state index contributed by atoms with van der Waals surface area (Å²) in [7, 11) is -3.74. The molecule has 0 aliphatic carbocycles. The van der Waals surface area contributed by atoms with E-state index in [4.69, 9.17) is 9.15 Å². The maximum atomic E-state index is 13.1. The van der Waals surface area contributed by atoms with Crippen LogP contribution in [0.3, 0.4) is 0 Å². The minimum absolute atomic E-state index is 0.0992. The van der Waals surface area contributed by atoms with Gasteiger partial charge in [0.15, 0.2) is 0 Å². The summed E-state index contributed by atoms with van der Waals surface area (Å²) in [5.41, 5.74) is 0.437. The lowest BCUT2D eigenvalue weighted by Gasteiger charge is -2.27.